The fourth-order valence-corrected chi connectivity index (χ4v) is 3.03. The van der Waals surface area contributed by atoms with Gasteiger partial charge in [0.25, 0.3) is 0 Å². The number of anilines is 3. The zero-order chi connectivity index (χ0) is 20.8. The molecule has 0 saturated heterocycles. The topological polar surface area (TPSA) is 40.0 Å². The Labute approximate surface area is 177 Å². The molecule has 0 aliphatic heterocycles. The van der Waals surface area contributed by atoms with Gasteiger partial charge in [0, 0.05) is 31.2 Å². The van der Waals surface area contributed by atoms with E-state index >= 15 is 0 Å². The summed E-state index contributed by atoms with van der Waals surface area (Å²) in [6, 6.07) is 26.4. The number of para-hydroxylation sites is 1. The molecule has 4 nitrogen and oxygen atoms in total. The number of hydrogen-bond acceptors (Lipinski definition) is 4. The molecule has 1 aliphatic carbocycles. The second kappa shape index (κ2) is 9.05. The molecule has 148 valence electrons. The molecule has 0 spiro atoms. The Morgan fingerprint density at radius 1 is 0.567 bits per heavy atom. The van der Waals surface area contributed by atoms with Crippen molar-refractivity contribution < 1.29 is 0 Å². The summed E-state index contributed by atoms with van der Waals surface area (Å²) in [7, 11) is 4.08. The quantitative estimate of drug-likeness (QED) is 0.506. The highest BCUT2D eigenvalue weighted by atomic mass is 15.1. The third-order valence-electron chi connectivity index (χ3n) is 4.66. The lowest BCUT2D eigenvalue weighted by atomic mass is 10.1. The van der Waals surface area contributed by atoms with Crippen molar-refractivity contribution in [3.8, 4) is 0 Å². The number of benzene rings is 3. The van der Waals surface area contributed by atoms with Crippen LogP contribution in [-0.2, 0) is 0 Å². The minimum Gasteiger partial charge on any atom is -0.378 e. The monoisotopic (exact) mass is 392 g/mol. The molecule has 1 N–H and O–H groups in total. The molecule has 0 heterocycles. The maximum absolute atomic E-state index is 4.69. The summed E-state index contributed by atoms with van der Waals surface area (Å²) < 4.78 is 0. The molecule has 3 aromatic rings. The van der Waals surface area contributed by atoms with Crippen molar-refractivity contribution in [3.63, 3.8) is 0 Å². The number of rotatable bonds is 5. The van der Waals surface area contributed by atoms with E-state index < -0.39 is 0 Å². The highest BCUT2D eigenvalue weighted by Gasteiger charge is 2.01. The van der Waals surface area contributed by atoms with E-state index in [9.17, 15) is 0 Å². The lowest BCUT2D eigenvalue weighted by Gasteiger charge is -2.13. The van der Waals surface area contributed by atoms with Gasteiger partial charge >= 0.3 is 0 Å². The van der Waals surface area contributed by atoms with E-state index in [-0.39, 0.29) is 0 Å². The van der Waals surface area contributed by atoms with E-state index in [4.69, 9.17) is 4.99 Å². The Morgan fingerprint density at radius 2 is 1.03 bits per heavy atom. The first-order chi connectivity index (χ1) is 14.7. The molecule has 0 radical (unpaired) electrons. The highest BCUT2D eigenvalue weighted by Crippen LogP contribution is 2.23. The van der Waals surface area contributed by atoms with Crippen molar-refractivity contribution in [2.75, 3.05) is 24.3 Å². The molecule has 0 aromatic heterocycles. The van der Waals surface area contributed by atoms with Crippen LogP contribution in [0.3, 0.4) is 0 Å². The van der Waals surface area contributed by atoms with Gasteiger partial charge in [-0.2, -0.15) is 0 Å². The lowest BCUT2D eigenvalue weighted by Crippen LogP contribution is -2.08. The van der Waals surface area contributed by atoms with Gasteiger partial charge in [-0.05, 0) is 85.0 Å². The molecule has 4 heteroatoms. The number of allylic oxidation sites excluding steroid dienone is 4. The molecule has 0 amide bonds. The van der Waals surface area contributed by atoms with Crippen LogP contribution in [0, 0.1) is 0 Å². The van der Waals surface area contributed by atoms with Gasteiger partial charge in [0.2, 0.25) is 0 Å². The molecular weight excluding hydrogens is 368 g/mol. The van der Waals surface area contributed by atoms with Gasteiger partial charge in [-0.1, -0.05) is 18.2 Å². The standard InChI is InChI=1S/C26H24N4/c1-30(2)26-18-16-25(17-19-26)29-24-14-12-23(13-15-24)28-22-10-8-21(9-11-22)27-20-6-4-3-5-7-20/h3-19,29H,1-2H3. The minimum absolute atomic E-state index is 0.905. The van der Waals surface area contributed by atoms with E-state index in [1.165, 1.54) is 5.69 Å². The van der Waals surface area contributed by atoms with Crippen molar-refractivity contribution in [1.82, 2.24) is 0 Å². The number of hydrogen-bond donors (Lipinski definition) is 1. The van der Waals surface area contributed by atoms with Gasteiger partial charge in [-0.3, -0.25) is 0 Å². The Morgan fingerprint density at radius 3 is 1.53 bits per heavy atom. The SMILES string of the molecule is CN(C)c1ccc(Nc2ccc(N=C3C=CC(=Nc4ccccc4)C=C3)cc2)cc1. The van der Waals surface area contributed by atoms with Crippen LogP contribution >= 0.6 is 0 Å². The van der Waals surface area contributed by atoms with Crippen LogP contribution in [-0.4, -0.2) is 25.5 Å². The average molecular weight is 393 g/mol. The molecule has 0 atom stereocenters. The second-order valence-electron chi connectivity index (χ2n) is 7.19. The van der Waals surface area contributed by atoms with Crippen molar-refractivity contribution in [2.45, 2.75) is 0 Å². The average Bonchev–Trinajstić information content (AvgIpc) is 2.78. The summed E-state index contributed by atoms with van der Waals surface area (Å²) in [5.74, 6) is 0. The normalized spacial score (nSPS) is 12.6. The largest absolute Gasteiger partial charge is 0.378 e. The van der Waals surface area contributed by atoms with Crippen LogP contribution in [0.2, 0.25) is 0 Å². The Hall–Kier alpha value is -3.92. The molecule has 1 aliphatic rings. The first kappa shape index (κ1) is 19.4. The minimum atomic E-state index is 0.905. The fraction of sp³-hybridized carbons (Fsp3) is 0.0769. The van der Waals surface area contributed by atoms with Crippen LogP contribution in [0.5, 0.6) is 0 Å². The predicted molar refractivity (Wildman–Crippen MR) is 129 cm³/mol. The van der Waals surface area contributed by atoms with Crippen molar-refractivity contribution in [1.29, 1.82) is 0 Å². The molecule has 0 bridgehead atoms. The van der Waals surface area contributed by atoms with Crippen LogP contribution in [0.4, 0.5) is 28.4 Å². The van der Waals surface area contributed by atoms with Crippen molar-refractivity contribution >= 4 is 39.9 Å². The molecule has 30 heavy (non-hydrogen) atoms. The zero-order valence-corrected chi connectivity index (χ0v) is 17.2. The number of nitrogens with one attached hydrogen (secondary N) is 1. The van der Waals surface area contributed by atoms with Gasteiger partial charge in [0.15, 0.2) is 0 Å². The van der Waals surface area contributed by atoms with Crippen LogP contribution in [0.25, 0.3) is 0 Å². The molecule has 4 rings (SSSR count). The van der Waals surface area contributed by atoms with Gasteiger partial charge in [-0.25, -0.2) is 9.98 Å². The van der Waals surface area contributed by atoms with Crippen LogP contribution < -0.4 is 10.2 Å². The summed E-state index contributed by atoms with van der Waals surface area (Å²) in [4.78, 5) is 11.4. The first-order valence-electron chi connectivity index (χ1n) is 9.89. The third kappa shape index (κ3) is 5.11. The van der Waals surface area contributed by atoms with Crippen LogP contribution in [0.15, 0.2) is 113 Å². The summed E-state index contributed by atoms with van der Waals surface area (Å²) in [5, 5.41) is 3.42. The number of nitrogens with zero attached hydrogens (tertiary/aromatic N) is 3. The zero-order valence-electron chi connectivity index (χ0n) is 17.2. The Balaban J connectivity index is 1.40. The molecule has 0 saturated carbocycles. The predicted octanol–water partition coefficient (Wildman–Crippen LogP) is 6.47. The fourth-order valence-electron chi connectivity index (χ4n) is 3.03. The van der Waals surface area contributed by atoms with E-state index in [1.807, 2.05) is 93.0 Å². The highest BCUT2D eigenvalue weighted by molar-refractivity contribution is 6.19. The summed E-state index contributed by atoms with van der Waals surface area (Å²) in [6.07, 6.45) is 7.94. The van der Waals surface area contributed by atoms with Crippen LogP contribution in [0.1, 0.15) is 0 Å². The Bertz CT molecular complexity index is 1090. The van der Waals surface area contributed by atoms with Gasteiger partial charge in [0.1, 0.15) is 0 Å². The lowest BCUT2D eigenvalue weighted by molar-refractivity contribution is 1.13. The molecule has 0 unspecified atom stereocenters. The summed E-state index contributed by atoms with van der Waals surface area (Å²) in [5.41, 5.74) is 6.95. The summed E-state index contributed by atoms with van der Waals surface area (Å²) >= 11 is 0. The second-order valence-corrected chi connectivity index (χ2v) is 7.19. The van der Waals surface area contributed by atoms with Crippen molar-refractivity contribution in [2.24, 2.45) is 9.98 Å². The molecule has 0 fully saturated rings. The molecular formula is C26H24N4. The summed E-state index contributed by atoms with van der Waals surface area (Å²) in [6.45, 7) is 0. The van der Waals surface area contributed by atoms with Gasteiger partial charge in [-0.15, -0.1) is 0 Å². The van der Waals surface area contributed by atoms with E-state index in [0.29, 0.717) is 0 Å². The van der Waals surface area contributed by atoms with E-state index in [2.05, 4.69) is 39.5 Å². The van der Waals surface area contributed by atoms with Gasteiger partial charge < -0.3 is 10.2 Å². The third-order valence-corrected chi connectivity index (χ3v) is 4.66. The first-order valence-corrected chi connectivity index (χ1v) is 9.89. The van der Waals surface area contributed by atoms with E-state index in [1.54, 1.807) is 0 Å². The number of aliphatic imine (C=N–C) groups is 2. The molecule has 3 aromatic carbocycles. The van der Waals surface area contributed by atoms with Gasteiger partial charge in [0.05, 0.1) is 22.8 Å². The Kier molecular flexibility index (Phi) is 5.85. The maximum Gasteiger partial charge on any atom is 0.0638 e. The van der Waals surface area contributed by atoms with Crippen molar-refractivity contribution in [3.05, 3.63) is 103 Å². The smallest absolute Gasteiger partial charge is 0.0638 e. The maximum atomic E-state index is 4.69. The van der Waals surface area contributed by atoms with E-state index in [0.717, 1.165) is 34.2 Å².